The van der Waals surface area contributed by atoms with Crippen molar-refractivity contribution >= 4 is 16.9 Å². The van der Waals surface area contributed by atoms with Gasteiger partial charge >= 0.3 is 0 Å². The molecule has 1 unspecified atom stereocenters. The summed E-state index contributed by atoms with van der Waals surface area (Å²) in [4.78, 5) is 17.2. The Morgan fingerprint density at radius 3 is 3.04 bits per heavy atom. The third kappa shape index (κ3) is 3.17. The summed E-state index contributed by atoms with van der Waals surface area (Å²) >= 11 is 0. The fourth-order valence-corrected chi connectivity index (χ4v) is 3.52. The van der Waals surface area contributed by atoms with E-state index in [9.17, 15) is 4.79 Å². The van der Waals surface area contributed by atoms with E-state index in [0.717, 1.165) is 34.6 Å². The zero-order valence-corrected chi connectivity index (χ0v) is 15.2. The van der Waals surface area contributed by atoms with Crippen LogP contribution in [0, 0.1) is 12.8 Å². The zero-order valence-electron chi connectivity index (χ0n) is 15.2. The van der Waals surface area contributed by atoms with Crippen molar-refractivity contribution in [1.29, 1.82) is 0 Å². The molecule has 2 aromatic carbocycles. The molecule has 1 aromatic heterocycles. The predicted molar refractivity (Wildman–Crippen MR) is 101 cm³/mol. The van der Waals surface area contributed by atoms with Crippen LogP contribution in [-0.4, -0.2) is 28.6 Å². The third-order valence-electron chi connectivity index (χ3n) is 5.03. The largest absolute Gasteiger partial charge is 0.492 e. The van der Waals surface area contributed by atoms with Crippen molar-refractivity contribution in [1.82, 2.24) is 14.9 Å². The second-order valence-electron chi connectivity index (χ2n) is 6.94. The highest BCUT2D eigenvalue weighted by atomic mass is 16.5. The Balaban J connectivity index is 1.36. The molecule has 0 radical (unpaired) electrons. The maximum Gasteiger partial charge on any atom is 0.226 e. The molecule has 0 spiro atoms. The third-order valence-corrected chi connectivity index (χ3v) is 5.03. The van der Waals surface area contributed by atoms with Crippen LogP contribution in [0.15, 0.2) is 42.5 Å². The van der Waals surface area contributed by atoms with E-state index in [2.05, 4.69) is 35.0 Å². The average molecular weight is 349 g/mol. The Labute approximate surface area is 153 Å². The van der Waals surface area contributed by atoms with Gasteiger partial charge in [-0.3, -0.25) is 4.79 Å². The summed E-state index contributed by atoms with van der Waals surface area (Å²) in [5, 5.41) is 3.04. The molecule has 5 nitrogen and oxygen atoms in total. The highest BCUT2D eigenvalue weighted by molar-refractivity contribution is 5.79. The molecule has 0 aliphatic carbocycles. The van der Waals surface area contributed by atoms with Gasteiger partial charge in [-0.25, -0.2) is 4.98 Å². The normalized spacial score (nSPS) is 16.2. The molecule has 4 rings (SSSR count). The van der Waals surface area contributed by atoms with Gasteiger partial charge in [-0.2, -0.15) is 0 Å². The number of carbonyl (C=O) groups excluding carboxylic acids is 1. The number of amides is 1. The molecule has 134 valence electrons. The molecule has 0 fully saturated rings. The van der Waals surface area contributed by atoms with Gasteiger partial charge < -0.3 is 14.6 Å². The van der Waals surface area contributed by atoms with Gasteiger partial charge in [0.15, 0.2) is 0 Å². The molecule has 2 heterocycles. The zero-order chi connectivity index (χ0) is 18.1. The molecule has 1 amide bonds. The van der Waals surface area contributed by atoms with Gasteiger partial charge in [0, 0.05) is 20.0 Å². The number of nitrogens with one attached hydrogen (secondary N) is 1. The summed E-state index contributed by atoms with van der Waals surface area (Å²) in [7, 11) is 2.02. The molecule has 0 saturated carbocycles. The van der Waals surface area contributed by atoms with E-state index in [4.69, 9.17) is 9.72 Å². The number of benzene rings is 2. The molecule has 1 atom stereocenters. The van der Waals surface area contributed by atoms with Gasteiger partial charge in [-0.15, -0.1) is 0 Å². The Morgan fingerprint density at radius 1 is 1.31 bits per heavy atom. The molecule has 0 saturated heterocycles. The first-order valence-electron chi connectivity index (χ1n) is 9.02. The standard InChI is InChI=1S/C21H23N3O2/c1-14-7-8-18-17(11-14)23-20(24(18)2)9-10-22-21(25)16-12-15-5-3-4-6-19(15)26-13-16/h3-8,11,16H,9-10,12-13H2,1-2H3,(H,22,25). The molecule has 0 bridgehead atoms. The predicted octanol–water partition coefficient (Wildman–Crippen LogP) is 2.79. The van der Waals surface area contributed by atoms with E-state index < -0.39 is 0 Å². The van der Waals surface area contributed by atoms with Crippen molar-refractivity contribution in [2.24, 2.45) is 13.0 Å². The van der Waals surface area contributed by atoms with E-state index in [1.165, 1.54) is 5.56 Å². The molecule has 1 N–H and O–H groups in total. The second kappa shape index (κ2) is 6.83. The van der Waals surface area contributed by atoms with Crippen molar-refractivity contribution in [3.8, 4) is 5.75 Å². The Kier molecular flexibility index (Phi) is 4.37. The Morgan fingerprint density at radius 2 is 2.15 bits per heavy atom. The van der Waals surface area contributed by atoms with Crippen LogP contribution in [0.3, 0.4) is 0 Å². The summed E-state index contributed by atoms with van der Waals surface area (Å²) in [6.07, 6.45) is 1.44. The van der Waals surface area contributed by atoms with Crippen molar-refractivity contribution < 1.29 is 9.53 Å². The highest BCUT2D eigenvalue weighted by Crippen LogP contribution is 2.26. The lowest BCUT2D eigenvalue weighted by molar-refractivity contribution is -0.126. The number of imidazole rings is 1. The van der Waals surface area contributed by atoms with Gasteiger partial charge in [-0.1, -0.05) is 24.3 Å². The summed E-state index contributed by atoms with van der Waals surface area (Å²) in [5.74, 6) is 1.80. The van der Waals surface area contributed by atoms with Gasteiger partial charge in [0.05, 0.1) is 17.0 Å². The van der Waals surface area contributed by atoms with Crippen molar-refractivity contribution in [2.45, 2.75) is 19.8 Å². The number of fused-ring (bicyclic) bond motifs is 2. The first kappa shape index (κ1) is 16.6. The SMILES string of the molecule is Cc1ccc2c(c1)nc(CCNC(=O)C1COc3ccccc3C1)n2C. The van der Waals surface area contributed by atoms with E-state index in [1.807, 2.05) is 31.3 Å². The summed E-state index contributed by atoms with van der Waals surface area (Å²) < 4.78 is 7.81. The fourth-order valence-electron chi connectivity index (χ4n) is 3.52. The summed E-state index contributed by atoms with van der Waals surface area (Å²) in [6.45, 7) is 3.08. The maximum absolute atomic E-state index is 12.5. The molecule has 5 heteroatoms. The minimum atomic E-state index is -0.131. The van der Waals surface area contributed by atoms with Crippen molar-refractivity contribution in [3.63, 3.8) is 0 Å². The molecule has 1 aliphatic rings. The number of carbonyl (C=O) groups is 1. The minimum Gasteiger partial charge on any atom is -0.492 e. The van der Waals surface area contributed by atoms with Crippen LogP contribution in [0.1, 0.15) is 17.0 Å². The number of ether oxygens (including phenoxy) is 1. The second-order valence-corrected chi connectivity index (χ2v) is 6.94. The van der Waals surface area contributed by atoms with Crippen molar-refractivity contribution in [3.05, 3.63) is 59.4 Å². The number of rotatable bonds is 4. The van der Waals surface area contributed by atoms with E-state index in [0.29, 0.717) is 19.6 Å². The van der Waals surface area contributed by atoms with Crippen LogP contribution in [0.25, 0.3) is 11.0 Å². The minimum absolute atomic E-state index is 0.0501. The Hall–Kier alpha value is -2.82. The number of para-hydroxylation sites is 1. The topological polar surface area (TPSA) is 56.1 Å². The number of hydrogen-bond donors (Lipinski definition) is 1. The van der Waals surface area contributed by atoms with Crippen LogP contribution in [0.5, 0.6) is 5.75 Å². The first-order chi connectivity index (χ1) is 12.6. The smallest absolute Gasteiger partial charge is 0.226 e. The number of nitrogens with zero attached hydrogens (tertiary/aromatic N) is 2. The highest BCUT2D eigenvalue weighted by Gasteiger charge is 2.25. The maximum atomic E-state index is 12.5. The summed E-state index contributed by atoms with van der Waals surface area (Å²) in [6, 6.07) is 14.2. The molecular formula is C21H23N3O2. The lowest BCUT2D eigenvalue weighted by Crippen LogP contribution is -2.38. The van der Waals surface area contributed by atoms with Crippen LogP contribution in [0.2, 0.25) is 0 Å². The van der Waals surface area contributed by atoms with Gasteiger partial charge in [-0.05, 0) is 42.7 Å². The quantitative estimate of drug-likeness (QED) is 0.788. The average Bonchev–Trinajstić information content (AvgIpc) is 2.96. The van der Waals surface area contributed by atoms with Crippen LogP contribution in [0.4, 0.5) is 0 Å². The van der Waals surface area contributed by atoms with Crippen LogP contribution < -0.4 is 10.1 Å². The fraction of sp³-hybridized carbons (Fsp3) is 0.333. The molecule has 3 aromatic rings. The molecular weight excluding hydrogens is 326 g/mol. The van der Waals surface area contributed by atoms with Gasteiger partial charge in [0.2, 0.25) is 5.91 Å². The van der Waals surface area contributed by atoms with E-state index in [-0.39, 0.29) is 11.8 Å². The Bertz CT molecular complexity index is 961. The molecule has 1 aliphatic heterocycles. The number of aryl methyl sites for hydroxylation is 2. The van der Waals surface area contributed by atoms with Crippen LogP contribution >= 0.6 is 0 Å². The van der Waals surface area contributed by atoms with E-state index in [1.54, 1.807) is 0 Å². The number of aromatic nitrogens is 2. The summed E-state index contributed by atoms with van der Waals surface area (Å²) in [5.41, 5.74) is 4.43. The first-order valence-corrected chi connectivity index (χ1v) is 9.02. The van der Waals surface area contributed by atoms with Crippen LogP contribution in [-0.2, 0) is 24.7 Å². The number of hydrogen-bond acceptors (Lipinski definition) is 3. The lowest BCUT2D eigenvalue weighted by atomic mass is 9.96. The van der Waals surface area contributed by atoms with E-state index >= 15 is 0 Å². The molecule has 26 heavy (non-hydrogen) atoms. The van der Waals surface area contributed by atoms with Gasteiger partial charge in [0.25, 0.3) is 0 Å². The monoisotopic (exact) mass is 349 g/mol. The lowest BCUT2D eigenvalue weighted by Gasteiger charge is -2.24. The van der Waals surface area contributed by atoms with Crippen molar-refractivity contribution in [2.75, 3.05) is 13.2 Å². The van der Waals surface area contributed by atoms with Gasteiger partial charge in [0.1, 0.15) is 18.2 Å².